The van der Waals surface area contributed by atoms with Gasteiger partial charge in [-0.3, -0.25) is 9.36 Å². The number of nitrogens with zero attached hydrogens (tertiary/aromatic N) is 3. The molecule has 0 saturated carbocycles. The third-order valence-electron chi connectivity index (χ3n) is 4.64. The van der Waals surface area contributed by atoms with E-state index >= 15 is 0 Å². The molecule has 8 heteroatoms. The minimum atomic E-state index is -0.185. The summed E-state index contributed by atoms with van der Waals surface area (Å²) in [7, 11) is 1.64. The lowest BCUT2D eigenvalue weighted by Gasteiger charge is -2.11. The van der Waals surface area contributed by atoms with Gasteiger partial charge in [0.1, 0.15) is 24.4 Å². The van der Waals surface area contributed by atoms with Gasteiger partial charge in [0.25, 0.3) is 5.56 Å². The summed E-state index contributed by atoms with van der Waals surface area (Å²) in [5, 5.41) is 0.992. The maximum absolute atomic E-state index is 13.2. The van der Waals surface area contributed by atoms with Crippen LogP contribution in [0.25, 0.3) is 16.7 Å². The molecule has 0 spiro atoms. The number of aromatic nitrogens is 3. The highest BCUT2D eigenvalue weighted by Gasteiger charge is 2.14. The maximum Gasteiger partial charge on any atom is 0.267 e. The predicted octanol–water partition coefficient (Wildman–Crippen LogP) is 5.03. The summed E-state index contributed by atoms with van der Waals surface area (Å²) in [6.07, 6.45) is 3.15. The monoisotopic (exact) mass is 529 g/mol. The second-order valence-corrected chi connectivity index (χ2v) is 7.89. The smallest absolute Gasteiger partial charge is 0.267 e. The molecule has 0 aliphatic carbocycles. The first-order valence-electron chi connectivity index (χ1n) is 9.07. The molecule has 0 bridgehead atoms. The summed E-state index contributed by atoms with van der Waals surface area (Å²) >= 11 is 6.91. The summed E-state index contributed by atoms with van der Waals surface area (Å²) in [6.45, 7) is 0.406. The number of hydrogen-bond donors (Lipinski definition) is 0. The van der Waals surface area contributed by atoms with E-state index in [4.69, 9.17) is 9.47 Å². The molecule has 0 fully saturated rings. The minimum Gasteiger partial charge on any atom is -0.497 e. The Morgan fingerprint density at radius 3 is 2.60 bits per heavy atom. The number of hydrogen-bond acceptors (Lipinski definition) is 5. The van der Waals surface area contributed by atoms with Crippen molar-refractivity contribution >= 4 is 42.9 Å². The van der Waals surface area contributed by atoms with Crippen LogP contribution >= 0.6 is 31.9 Å². The van der Waals surface area contributed by atoms with Gasteiger partial charge in [-0.2, -0.15) is 0 Å². The van der Waals surface area contributed by atoms with Gasteiger partial charge >= 0.3 is 0 Å². The zero-order chi connectivity index (χ0) is 21.1. The first-order chi connectivity index (χ1) is 14.6. The third-order valence-corrected chi connectivity index (χ3v) is 5.88. The molecule has 4 rings (SSSR count). The number of pyridine rings is 1. The molecule has 0 radical (unpaired) electrons. The number of halogens is 2. The number of methoxy groups -OCH3 is 1. The van der Waals surface area contributed by atoms with Crippen LogP contribution in [0.2, 0.25) is 0 Å². The van der Waals surface area contributed by atoms with Crippen LogP contribution in [0.5, 0.6) is 11.5 Å². The average Bonchev–Trinajstić information content (AvgIpc) is 2.78. The molecule has 2 aromatic heterocycles. The molecule has 6 nitrogen and oxygen atoms in total. The lowest BCUT2D eigenvalue weighted by Crippen LogP contribution is -2.20. The molecule has 0 atom stereocenters. The number of benzene rings is 2. The van der Waals surface area contributed by atoms with Crippen molar-refractivity contribution in [1.82, 2.24) is 14.5 Å². The van der Waals surface area contributed by atoms with Crippen molar-refractivity contribution in [3.8, 4) is 17.2 Å². The van der Waals surface area contributed by atoms with Crippen LogP contribution in [-0.2, 0) is 11.9 Å². The summed E-state index contributed by atoms with van der Waals surface area (Å²) in [6, 6.07) is 15.0. The van der Waals surface area contributed by atoms with E-state index < -0.39 is 0 Å². The number of ether oxygens (including phenoxy) is 2. The van der Waals surface area contributed by atoms with E-state index in [1.807, 2.05) is 48.5 Å². The first kappa shape index (κ1) is 20.6. The first-order valence-corrected chi connectivity index (χ1v) is 11.0. The molecule has 2 heterocycles. The van der Waals surface area contributed by atoms with E-state index in [9.17, 15) is 4.79 Å². The zero-order valence-electron chi connectivity index (χ0n) is 16.0. The Labute approximate surface area is 189 Å². The molecule has 0 aliphatic rings. The van der Waals surface area contributed by atoms with Crippen LogP contribution in [0.4, 0.5) is 0 Å². The molecule has 152 valence electrons. The van der Waals surface area contributed by atoms with Crippen LogP contribution in [-0.4, -0.2) is 21.6 Å². The van der Waals surface area contributed by atoms with Crippen LogP contribution < -0.4 is 15.0 Å². The van der Waals surface area contributed by atoms with E-state index in [1.54, 1.807) is 13.3 Å². The summed E-state index contributed by atoms with van der Waals surface area (Å²) < 4.78 is 13.4. The Kier molecular flexibility index (Phi) is 6.15. The largest absolute Gasteiger partial charge is 0.497 e. The Hall–Kier alpha value is -2.71. The second kappa shape index (κ2) is 8.97. The van der Waals surface area contributed by atoms with Crippen molar-refractivity contribution in [2.24, 2.45) is 0 Å². The number of alkyl halides is 1. The minimum absolute atomic E-state index is 0.185. The molecular weight excluding hydrogens is 514 g/mol. The van der Waals surface area contributed by atoms with Gasteiger partial charge in [0, 0.05) is 22.1 Å². The van der Waals surface area contributed by atoms with Gasteiger partial charge in [-0.25, -0.2) is 9.97 Å². The Bertz CT molecular complexity index is 1260. The quantitative estimate of drug-likeness (QED) is 0.327. The van der Waals surface area contributed by atoms with E-state index in [0.717, 1.165) is 21.3 Å². The Morgan fingerprint density at radius 1 is 1.07 bits per heavy atom. The number of rotatable bonds is 6. The molecular formula is C22H17Br2N3O3. The maximum atomic E-state index is 13.2. The summed E-state index contributed by atoms with van der Waals surface area (Å²) in [5.74, 6) is 1.45. The normalized spacial score (nSPS) is 10.9. The van der Waals surface area contributed by atoms with Crippen LogP contribution in [0, 0.1) is 0 Å². The highest BCUT2D eigenvalue weighted by Crippen LogP contribution is 2.24. The van der Waals surface area contributed by atoms with Crippen LogP contribution in [0.3, 0.4) is 0 Å². The average molecular weight is 531 g/mol. The fourth-order valence-electron chi connectivity index (χ4n) is 3.05. The SMILES string of the molecule is COc1ccc(COc2cccc(-n3cnc4ncc(Br)c(CBr)c4c3=O)c2)cc1. The lowest BCUT2D eigenvalue weighted by atomic mass is 10.2. The van der Waals surface area contributed by atoms with E-state index in [2.05, 4.69) is 41.8 Å². The van der Waals surface area contributed by atoms with Gasteiger partial charge in [0.05, 0.1) is 18.2 Å². The van der Waals surface area contributed by atoms with Crippen LogP contribution in [0.15, 0.2) is 70.3 Å². The molecule has 0 N–H and O–H groups in total. The van der Waals surface area contributed by atoms with Gasteiger partial charge in [0.2, 0.25) is 0 Å². The van der Waals surface area contributed by atoms with Crippen molar-refractivity contribution in [3.05, 3.63) is 87.0 Å². The van der Waals surface area contributed by atoms with Gasteiger partial charge in [-0.1, -0.05) is 34.1 Å². The predicted molar refractivity (Wildman–Crippen MR) is 123 cm³/mol. The molecule has 30 heavy (non-hydrogen) atoms. The highest BCUT2D eigenvalue weighted by atomic mass is 79.9. The Morgan fingerprint density at radius 2 is 1.87 bits per heavy atom. The van der Waals surface area contributed by atoms with Crippen molar-refractivity contribution < 1.29 is 9.47 Å². The molecule has 0 amide bonds. The second-order valence-electron chi connectivity index (χ2n) is 6.47. The molecule has 0 saturated heterocycles. The Balaban J connectivity index is 1.65. The molecule has 2 aromatic carbocycles. The fourth-order valence-corrected chi connectivity index (χ4v) is 4.45. The lowest BCUT2D eigenvalue weighted by molar-refractivity contribution is 0.306. The molecule has 0 unspecified atom stereocenters. The van der Waals surface area contributed by atoms with E-state index in [-0.39, 0.29) is 5.56 Å². The molecule has 0 aliphatic heterocycles. The number of fused-ring (bicyclic) bond motifs is 1. The van der Waals surface area contributed by atoms with Crippen molar-refractivity contribution in [3.63, 3.8) is 0 Å². The van der Waals surface area contributed by atoms with Gasteiger partial charge in [-0.15, -0.1) is 0 Å². The summed E-state index contributed by atoms with van der Waals surface area (Å²) in [4.78, 5) is 21.8. The van der Waals surface area contributed by atoms with Gasteiger partial charge in [0.15, 0.2) is 5.65 Å². The van der Waals surface area contributed by atoms with Gasteiger partial charge in [-0.05, 0) is 51.3 Å². The van der Waals surface area contributed by atoms with E-state index in [0.29, 0.717) is 34.4 Å². The standard InChI is InChI=1S/C22H17Br2N3O3/c1-29-16-7-5-14(6-8-16)12-30-17-4-2-3-15(9-17)27-13-26-21-20(22(27)28)18(10-23)19(24)11-25-21/h2-9,11,13H,10,12H2,1H3. The highest BCUT2D eigenvalue weighted by molar-refractivity contribution is 9.10. The third kappa shape index (κ3) is 4.11. The fraction of sp³-hybridized carbons (Fsp3) is 0.136. The topological polar surface area (TPSA) is 66.2 Å². The summed E-state index contributed by atoms with van der Waals surface area (Å²) in [5.41, 5.74) is 2.74. The van der Waals surface area contributed by atoms with Gasteiger partial charge < -0.3 is 9.47 Å². The van der Waals surface area contributed by atoms with Crippen molar-refractivity contribution in [1.29, 1.82) is 0 Å². The van der Waals surface area contributed by atoms with Crippen molar-refractivity contribution in [2.45, 2.75) is 11.9 Å². The van der Waals surface area contributed by atoms with Crippen molar-refractivity contribution in [2.75, 3.05) is 7.11 Å². The molecule has 4 aromatic rings. The van der Waals surface area contributed by atoms with Crippen LogP contribution in [0.1, 0.15) is 11.1 Å². The zero-order valence-corrected chi connectivity index (χ0v) is 19.2. The van der Waals surface area contributed by atoms with E-state index in [1.165, 1.54) is 10.9 Å².